The van der Waals surface area contributed by atoms with Gasteiger partial charge < -0.3 is 0 Å². The van der Waals surface area contributed by atoms with Crippen molar-refractivity contribution in [3.63, 3.8) is 0 Å². The molecule has 0 fully saturated rings. The predicted molar refractivity (Wildman–Crippen MR) is 73.3 cm³/mol. The number of hydrogen-bond acceptors (Lipinski definition) is 2. The summed E-state index contributed by atoms with van der Waals surface area (Å²) in [5, 5.41) is 9.22. The van der Waals surface area contributed by atoms with Crippen molar-refractivity contribution in [1.29, 1.82) is 5.26 Å². The van der Waals surface area contributed by atoms with Crippen LogP contribution in [0.2, 0.25) is 0 Å². The molecule has 0 aliphatic heterocycles. The molecule has 2 heteroatoms. The molecule has 1 rings (SSSR count). The number of benzene rings is 1. The van der Waals surface area contributed by atoms with Crippen molar-refractivity contribution in [1.82, 2.24) is 0 Å². The van der Waals surface area contributed by atoms with Gasteiger partial charge in [0.15, 0.2) is 5.78 Å². The van der Waals surface area contributed by atoms with Crippen LogP contribution in [-0.2, 0) is 4.79 Å². The smallest absolute Gasteiger partial charge is 0.159 e. The van der Waals surface area contributed by atoms with Crippen LogP contribution in [0.5, 0.6) is 0 Å². The Hall–Kier alpha value is -1.62. The molecule has 0 aromatic heterocycles. The molecule has 18 heavy (non-hydrogen) atoms. The van der Waals surface area contributed by atoms with Crippen LogP contribution in [0.3, 0.4) is 0 Å². The highest BCUT2D eigenvalue weighted by Gasteiger charge is 2.30. The summed E-state index contributed by atoms with van der Waals surface area (Å²) in [7, 11) is 0. The average molecular weight is 243 g/mol. The second-order valence-corrected chi connectivity index (χ2v) is 6.00. The SMILES string of the molecule is CC(C)c1ccc(C(C#N)C(=O)C(C)(C)C)cc1. The molecule has 0 amide bonds. The van der Waals surface area contributed by atoms with Crippen molar-refractivity contribution < 1.29 is 4.79 Å². The summed E-state index contributed by atoms with van der Waals surface area (Å²) in [6.07, 6.45) is 0. The van der Waals surface area contributed by atoms with Gasteiger partial charge in [0.1, 0.15) is 5.92 Å². The number of hydrogen-bond donors (Lipinski definition) is 0. The Morgan fingerprint density at radius 1 is 1.11 bits per heavy atom. The first-order valence-corrected chi connectivity index (χ1v) is 6.31. The van der Waals surface area contributed by atoms with E-state index in [1.807, 2.05) is 45.0 Å². The van der Waals surface area contributed by atoms with Crippen molar-refractivity contribution >= 4 is 5.78 Å². The Morgan fingerprint density at radius 2 is 1.56 bits per heavy atom. The summed E-state index contributed by atoms with van der Waals surface area (Å²) in [6.45, 7) is 9.79. The van der Waals surface area contributed by atoms with E-state index in [1.165, 1.54) is 5.56 Å². The molecule has 0 N–H and O–H groups in total. The lowest BCUT2D eigenvalue weighted by molar-refractivity contribution is -0.126. The molecule has 1 aromatic rings. The third-order valence-corrected chi connectivity index (χ3v) is 3.07. The van der Waals surface area contributed by atoms with E-state index in [4.69, 9.17) is 0 Å². The van der Waals surface area contributed by atoms with Gasteiger partial charge in [-0.25, -0.2) is 0 Å². The molecule has 1 atom stereocenters. The molecular formula is C16H21NO. The maximum atomic E-state index is 12.2. The molecule has 0 aliphatic rings. The van der Waals surface area contributed by atoms with Crippen LogP contribution in [0.15, 0.2) is 24.3 Å². The predicted octanol–water partition coefficient (Wildman–Crippen LogP) is 4.03. The topological polar surface area (TPSA) is 40.9 Å². The fraction of sp³-hybridized carbons (Fsp3) is 0.500. The zero-order chi connectivity index (χ0) is 13.9. The number of nitrogens with zero attached hydrogens (tertiary/aromatic N) is 1. The quantitative estimate of drug-likeness (QED) is 0.804. The van der Waals surface area contributed by atoms with Crippen LogP contribution in [-0.4, -0.2) is 5.78 Å². The summed E-state index contributed by atoms with van der Waals surface area (Å²) in [4.78, 5) is 12.2. The number of ketones is 1. The van der Waals surface area contributed by atoms with E-state index in [0.717, 1.165) is 5.56 Å². The van der Waals surface area contributed by atoms with Gasteiger partial charge in [-0.15, -0.1) is 0 Å². The lowest BCUT2D eigenvalue weighted by Gasteiger charge is -2.20. The molecule has 1 aromatic carbocycles. The van der Waals surface area contributed by atoms with Crippen molar-refractivity contribution in [3.05, 3.63) is 35.4 Å². The lowest BCUT2D eigenvalue weighted by atomic mass is 9.80. The molecule has 0 bridgehead atoms. The molecule has 0 aliphatic carbocycles. The number of nitriles is 1. The highest BCUT2D eigenvalue weighted by molar-refractivity contribution is 5.92. The minimum absolute atomic E-state index is 0.0257. The van der Waals surface area contributed by atoms with Gasteiger partial charge in [0.05, 0.1) is 6.07 Å². The van der Waals surface area contributed by atoms with Crippen molar-refractivity contribution in [3.8, 4) is 6.07 Å². The second-order valence-electron chi connectivity index (χ2n) is 6.00. The third-order valence-electron chi connectivity index (χ3n) is 3.07. The number of carbonyl (C=O) groups excluding carboxylic acids is 1. The zero-order valence-corrected chi connectivity index (χ0v) is 11.8. The van der Waals surface area contributed by atoms with Gasteiger partial charge in [-0.05, 0) is 17.0 Å². The summed E-state index contributed by atoms with van der Waals surface area (Å²) >= 11 is 0. The summed E-state index contributed by atoms with van der Waals surface area (Å²) in [5.74, 6) is -0.230. The number of Topliss-reactive ketones (excluding diaryl/α,β-unsaturated/α-hetero) is 1. The molecule has 2 nitrogen and oxygen atoms in total. The van der Waals surface area contributed by atoms with Gasteiger partial charge in [0, 0.05) is 5.41 Å². The van der Waals surface area contributed by atoms with E-state index in [-0.39, 0.29) is 5.78 Å². The Bertz CT molecular complexity index is 457. The zero-order valence-electron chi connectivity index (χ0n) is 11.8. The van der Waals surface area contributed by atoms with Crippen molar-refractivity contribution in [2.24, 2.45) is 5.41 Å². The molecular weight excluding hydrogens is 222 g/mol. The maximum Gasteiger partial charge on any atom is 0.159 e. The van der Waals surface area contributed by atoms with Crippen molar-refractivity contribution in [2.75, 3.05) is 0 Å². The fourth-order valence-corrected chi connectivity index (χ4v) is 1.79. The highest BCUT2D eigenvalue weighted by Crippen LogP contribution is 2.28. The van der Waals surface area contributed by atoms with Crippen molar-refractivity contribution in [2.45, 2.75) is 46.5 Å². The van der Waals surface area contributed by atoms with E-state index >= 15 is 0 Å². The van der Waals surface area contributed by atoms with Gasteiger partial charge in [0.25, 0.3) is 0 Å². The molecule has 0 heterocycles. The summed E-state index contributed by atoms with van der Waals surface area (Å²) in [5.41, 5.74) is 1.53. The Morgan fingerprint density at radius 3 is 1.89 bits per heavy atom. The van der Waals surface area contributed by atoms with Gasteiger partial charge >= 0.3 is 0 Å². The Balaban J connectivity index is 3.05. The molecule has 0 saturated heterocycles. The van der Waals surface area contributed by atoms with Gasteiger partial charge in [0.2, 0.25) is 0 Å². The lowest BCUT2D eigenvalue weighted by Crippen LogP contribution is -2.26. The van der Waals surface area contributed by atoms with Crippen LogP contribution < -0.4 is 0 Å². The molecule has 0 spiro atoms. The number of carbonyl (C=O) groups is 1. The standard InChI is InChI=1S/C16H21NO/c1-11(2)12-6-8-13(9-7-12)14(10-17)15(18)16(3,4)5/h6-9,11,14H,1-5H3. The Kier molecular flexibility index (Phi) is 4.29. The Labute approximate surface area is 110 Å². The minimum atomic E-state index is -0.661. The van der Waals surface area contributed by atoms with Crippen LogP contribution in [0.25, 0.3) is 0 Å². The van der Waals surface area contributed by atoms with Crippen LogP contribution in [0.4, 0.5) is 0 Å². The van der Waals surface area contributed by atoms with Gasteiger partial charge in [-0.1, -0.05) is 58.9 Å². The van der Waals surface area contributed by atoms with Crippen LogP contribution in [0, 0.1) is 16.7 Å². The summed E-state index contributed by atoms with van der Waals surface area (Å²) < 4.78 is 0. The maximum absolute atomic E-state index is 12.2. The van der Waals surface area contributed by atoms with E-state index in [9.17, 15) is 10.1 Å². The van der Waals surface area contributed by atoms with Gasteiger partial charge in [-0.2, -0.15) is 5.26 Å². The minimum Gasteiger partial charge on any atom is -0.297 e. The first-order chi connectivity index (χ1) is 8.27. The molecule has 96 valence electrons. The van der Waals surface area contributed by atoms with E-state index in [1.54, 1.807) is 0 Å². The molecule has 1 unspecified atom stereocenters. The first-order valence-electron chi connectivity index (χ1n) is 6.31. The first kappa shape index (κ1) is 14.4. The molecule has 0 radical (unpaired) electrons. The second kappa shape index (κ2) is 5.35. The monoisotopic (exact) mass is 243 g/mol. The fourth-order valence-electron chi connectivity index (χ4n) is 1.79. The normalized spacial score (nSPS) is 13.2. The van der Waals surface area contributed by atoms with Crippen LogP contribution in [0.1, 0.15) is 57.6 Å². The average Bonchev–Trinajstić information content (AvgIpc) is 2.29. The highest BCUT2D eigenvalue weighted by atomic mass is 16.1. The van der Waals surface area contributed by atoms with Crippen LogP contribution >= 0.6 is 0 Å². The van der Waals surface area contributed by atoms with E-state index in [0.29, 0.717) is 5.92 Å². The molecule has 0 saturated carbocycles. The summed E-state index contributed by atoms with van der Waals surface area (Å²) in [6, 6.07) is 9.92. The van der Waals surface area contributed by atoms with Gasteiger partial charge in [-0.3, -0.25) is 4.79 Å². The third kappa shape index (κ3) is 3.20. The largest absolute Gasteiger partial charge is 0.297 e. The number of rotatable bonds is 3. The van der Waals surface area contributed by atoms with E-state index < -0.39 is 11.3 Å². The van der Waals surface area contributed by atoms with E-state index in [2.05, 4.69) is 19.9 Å².